The Morgan fingerprint density at radius 3 is 2.58 bits per heavy atom. The van der Waals surface area contributed by atoms with Crippen LogP contribution in [-0.2, 0) is 4.74 Å². The molecule has 0 aromatic heterocycles. The molecule has 1 aliphatic carbocycles. The van der Waals surface area contributed by atoms with E-state index in [1.807, 2.05) is 14.0 Å². The zero-order chi connectivity index (χ0) is 8.97. The van der Waals surface area contributed by atoms with Crippen LogP contribution in [-0.4, -0.2) is 19.9 Å². The fourth-order valence-electron chi connectivity index (χ4n) is 1.64. The average Bonchev–Trinajstić information content (AvgIpc) is 2.16. The number of hydrogen-bond acceptors (Lipinski definition) is 2. The Morgan fingerprint density at radius 2 is 2.00 bits per heavy atom. The van der Waals surface area contributed by atoms with Crippen molar-refractivity contribution < 1.29 is 4.74 Å². The number of methoxy groups -OCH3 is 1. The fourth-order valence-corrected chi connectivity index (χ4v) is 1.64. The van der Waals surface area contributed by atoms with Gasteiger partial charge in [-0.15, -0.1) is 0 Å². The van der Waals surface area contributed by atoms with Crippen LogP contribution in [0, 0.1) is 0 Å². The average molecular weight is 167 g/mol. The first-order chi connectivity index (χ1) is 5.79. The minimum atomic E-state index is 1.04. The molecule has 2 heteroatoms. The SMILES string of the molecule is CN=C1CCCC/C1=C(/C)OC. The van der Waals surface area contributed by atoms with Crippen LogP contribution < -0.4 is 0 Å². The van der Waals surface area contributed by atoms with Crippen molar-refractivity contribution >= 4 is 5.71 Å². The van der Waals surface area contributed by atoms with Gasteiger partial charge in [0.05, 0.1) is 12.9 Å². The van der Waals surface area contributed by atoms with Crippen molar-refractivity contribution in [2.75, 3.05) is 14.2 Å². The third-order valence-electron chi connectivity index (χ3n) is 2.44. The van der Waals surface area contributed by atoms with Gasteiger partial charge in [-0.05, 0) is 32.6 Å². The van der Waals surface area contributed by atoms with E-state index < -0.39 is 0 Å². The first-order valence-corrected chi connectivity index (χ1v) is 4.49. The normalized spacial score (nSPS) is 25.8. The van der Waals surface area contributed by atoms with Crippen LogP contribution in [0.15, 0.2) is 16.3 Å². The Labute approximate surface area is 74.3 Å². The molecule has 1 aliphatic rings. The number of aliphatic imine (C=N–C) groups is 1. The molecule has 0 spiro atoms. The lowest BCUT2D eigenvalue weighted by Gasteiger charge is -2.18. The van der Waals surface area contributed by atoms with Gasteiger partial charge in [-0.3, -0.25) is 4.99 Å². The largest absolute Gasteiger partial charge is 0.501 e. The lowest BCUT2D eigenvalue weighted by atomic mass is 9.92. The molecule has 0 atom stereocenters. The maximum atomic E-state index is 5.22. The second-order valence-corrected chi connectivity index (χ2v) is 3.12. The van der Waals surface area contributed by atoms with Crippen molar-refractivity contribution in [2.24, 2.45) is 4.99 Å². The van der Waals surface area contributed by atoms with Crippen molar-refractivity contribution in [1.29, 1.82) is 0 Å². The molecule has 0 aliphatic heterocycles. The highest BCUT2D eigenvalue weighted by atomic mass is 16.5. The molecule has 12 heavy (non-hydrogen) atoms. The lowest BCUT2D eigenvalue weighted by molar-refractivity contribution is 0.288. The van der Waals surface area contributed by atoms with E-state index in [0.29, 0.717) is 0 Å². The maximum absolute atomic E-state index is 5.22. The van der Waals surface area contributed by atoms with Gasteiger partial charge in [0.15, 0.2) is 0 Å². The predicted octanol–water partition coefficient (Wildman–Crippen LogP) is 2.55. The van der Waals surface area contributed by atoms with Crippen molar-refractivity contribution in [1.82, 2.24) is 0 Å². The Bertz CT molecular complexity index is 213. The second kappa shape index (κ2) is 4.29. The number of hydrogen-bond donors (Lipinski definition) is 0. The van der Waals surface area contributed by atoms with Crippen LogP contribution in [0.2, 0.25) is 0 Å². The van der Waals surface area contributed by atoms with E-state index in [0.717, 1.165) is 18.6 Å². The van der Waals surface area contributed by atoms with Crippen molar-refractivity contribution in [3.8, 4) is 0 Å². The Morgan fingerprint density at radius 1 is 1.33 bits per heavy atom. The van der Waals surface area contributed by atoms with Gasteiger partial charge in [0.1, 0.15) is 0 Å². The molecule has 0 unspecified atom stereocenters. The van der Waals surface area contributed by atoms with E-state index in [1.165, 1.54) is 24.1 Å². The van der Waals surface area contributed by atoms with E-state index in [9.17, 15) is 0 Å². The molecule has 0 amide bonds. The molecule has 0 aromatic rings. The molecular formula is C10H17NO. The summed E-state index contributed by atoms with van der Waals surface area (Å²) in [5, 5.41) is 0. The smallest absolute Gasteiger partial charge is 0.0974 e. The molecule has 68 valence electrons. The van der Waals surface area contributed by atoms with Crippen molar-refractivity contribution in [2.45, 2.75) is 32.6 Å². The zero-order valence-corrected chi connectivity index (χ0v) is 8.18. The van der Waals surface area contributed by atoms with Crippen LogP contribution in [0.5, 0.6) is 0 Å². The van der Waals surface area contributed by atoms with Crippen molar-refractivity contribution in [3.63, 3.8) is 0 Å². The minimum Gasteiger partial charge on any atom is -0.501 e. The van der Waals surface area contributed by atoms with Gasteiger partial charge in [0.2, 0.25) is 0 Å². The first-order valence-electron chi connectivity index (χ1n) is 4.49. The second-order valence-electron chi connectivity index (χ2n) is 3.12. The van der Waals surface area contributed by atoms with Gasteiger partial charge in [0.25, 0.3) is 0 Å². The molecule has 0 radical (unpaired) electrons. The summed E-state index contributed by atoms with van der Waals surface area (Å²) in [5.41, 5.74) is 2.56. The molecule has 1 rings (SSSR count). The summed E-state index contributed by atoms with van der Waals surface area (Å²) < 4.78 is 5.22. The summed E-state index contributed by atoms with van der Waals surface area (Å²) in [6, 6.07) is 0. The van der Waals surface area contributed by atoms with Gasteiger partial charge in [-0.1, -0.05) is 0 Å². The number of rotatable bonds is 1. The molecule has 1 saturated carbocycles. The topological polar surface area (TPSA) is 21.6 Å². The van der Waals surface area contributed by atoms with Crippen LogP contribution >= 0.6 is 0 Å². The molecular weight excluding hydrogens is 150 g/mol. The van der Waals surface area contributed by atoms with Gasteiger partial charge in [-0.2, -0.15) is 0 Å². The molecule has 0 saturated heterocycles. The molecule has 0 heterocycles. The summed E-state index contributed by atoms with van der Waals surface area (Å²) >= 11 is 0. The molecule has 0 aromatic carbocycles. The minimum absolute atomic E-state index is 1.04. The Balaban J connectivity index is 2.85. The number of nitrogens with zero attached hydrogens (tertiary/aromatic N) is 1. The summed E-state index contributed by atoms with van der Waals surface area (Å²) in [6.45, 7) is 2.02. The van der Waals surface area contributed by atoms with Crippen LogP contribution in [0.1, 0.15) is 32.6 Å². The van der Waals surface area contributed by atoms with E-state index in [-0.39, 0.29) is 0 Å². The zero-order valence-electron chi connectivity index (χ0n) is 8.18. The van der Waals surface area contributed by atoms with Gasteiger partial charge >= 0.3 is 0 Å². The summed E-state index contributed by atoms with van der Waals surface area (Å²) in [4.78, 5) is 4.28. The quantitative estimate of drug-likeness (QED) is 0.550. The number of ether oxygens (including phenoxy) is 1. The van der Waals surface area contributed by atoms with E-state index in [2.05, 4.69) is 4.99 Å². The van der Waals surface area contributed by atoms with E-state index in [4.69, 9.17) is 4.74 Å². The standard InChI is InChI=1S/C10H17NO/c1-8(12-3)9-6-4-5-7-10(9)11-2/h4-7H2,1-3H3/b9-8+,11-10?. The molecule has 0 bridgehead atoms. The van der Waals surface area contributed by atoms with E-state index >= 15 is 0 Å². The molecule has 1 fully saturated rings. The highest BCUT2D eigenvalue weighted by molar-refractivity contribution is 6.01. The van der Waals surface area contributed by atoms with Crippen LogP contribution in [0.4, 0.5) is 0 Å². The van der Waals surface area contributed by atoms with Crippen molar-refractivity contribution in [3.05, 3.63) is 11.3 Å². The highest BCUT2D eigenvalue weighted by Crippen LogP contribution is 2.23. The number of allylic oxidation sites excluding steroid dienone is 2. The predicted molar refractivity (Wildman–Crippen MR) is 51.5 cm³/mol. The van der Waals surface area contributed by atoms with Crippen LogP contribution in [0.3, 0.4) is 0 Å². The van der Waals surface area contributed by atoms with E-state index in [1.54, 1.807) is 7.11 Å². The fraction of sp³-hybridized carbons (Fsp3) is 0.700. The van der Waals surface area contributed by atoms with Gasteiger partial charge in [0, 0.05) is 18.3 Å². The lowest BCUT2D eigenvalue weighted by Crippen LogP contribution is -2.11. The van der Waals surface area contributed by atoms with Gasteiger partial charge in [-0.25, -0.2) is 0 Å². The highest BCUT2D eigenvalue weighted by Gasteiger charge is 2.15. The summed E-state index contributed by atoms with van der Waals surface area (Å²) in [5.74, 6) is 1.04. The monoisotopic (exact) mass is 167 g/mol. The molecule has 0 N–H and O–H groups in total. The third-order valence-corrected chi connectivity index (χ3v) is 2.44. The Hall–Kier alpha value is -0.790. The van der Waals surface area contributed by atoms with Gasteiger partial charge < -0.3 is 4.74 Å². The van der Waals surface area contributed by atoms with Crippen LogP contribution in [0.25, 0.3) is 0 Å². The summed E-state index contributed by atoms with van der Waals surface area (Å²) in [6.07, 6.45) is 4.79. The molecule has 2 nitrogen and oxygen atoms in total. The summed E-state index contributed by atoms with van der Waals surface area (Å²) in [7, 11) is 3.59. The Kier molecular flexibility index (Phi) is 3.32. The first kappa shape index (κ1) is 9.30. The third kappa shape index (κ3) is 1.87. The maximum Gasteiger partial charge on any atom is 0.0974 e.